The van der Waals surface area contributed by atoms with E-state index in [2.05, 4.69) is 34.2 Å². The number of hydrogen-bond donors (Lipinski definition) is 1. The summed E-state index contributed by atoms with van der Waals surface area (Å²) in [5.74, 6) is 6.41. The van der Waals surface area contributed by atoms with Crippen molar-refractivity contribution >= 4 is 5.91 Å². The molecule has 39 heavy (non-hydrogen) atoms. The molecular weight excluding hydrogens is 505 g/mol. The van der Waals surface area contributed by atoms with Crippen molar-refractivity contribution in [1.82, 2.24) is 10.2 Å². The van der Waals surface area contributed by atoms with Crippen molar-refractivity contribution in [1.29, 1.82) is 0 Å². The summed E-state index contributed by atoms with van der Waals surface area (Å²) < 4.78 is 50.5. The molecule has 2 saturated carbocycles. The van der Waals surface area contributed by atoms with Gasteiger partial charge in [0.15, 0.2) is 0 Å². The summed E-state index contributed by atoms with van der Waals surface area (Å²) in [5, 5.41) is 3.08. The first kappa shape index (κ1) is 27.5. The number of halogens is 3. The van der Waals surface area contributed by atoms with Crippen molar-refractivity contribution in [3.8, 4) is 17.6 Å². The van der Waals surface area contributed by atoms with Crippen molar-refractivity contribution in [2.75, 3.05) is 33.9 Å². The van der Waals surface area contributed by atoms with E-state index in [0.29, 0.717) is 12.0 Å². The van der Waals surface area contributed by atoms with Crippen LogP contribution in [0, 0.1) is 17.8 Å². The molecular formula is C31H35F3N2O3. The van der Waals surface area contributed by atoms with Gasteiger partial charge in [0.2, 0.25) is 0 Å². The molecule has 2 aromatic carbocycles. The highest BCUT2D eigenvalue weighted by Crippen LogP contribution is 2.54. The zero-order valence-corrected chi connectivity index (χ0v) is 22.4. The molecule has 2 aromatic rings. The molecule has 208 valence electrons. The molecule has 0 aromatic heterocycles. The van der Waals surface area contributed by atoms with Crippen LogP contribution in [-0.2, 0) is 21.1 Å². The standard InChI is InChI=1S/C31H35F3N2O3/c1-38-27-5-3-4-25(18-27)29-16-17-36(20-23-6-7-23)21-30(29,39-2)15-14-26(19-29)35-28(37)13-10-22-8-11-24(12-9-22)31(32,33)34/h3-5,8-9,11-12,18,23,26H,6-7,14-17,19-21H2,1-2H3,(H,35,37)/t26-,29+,30+/m1/s1. The summed E-state index contributed by atoms with van der Waals surface area (Å²) in [6.45, 7) is 2.93. The number of rotatable bonds is 6. The van der Waals surface area contributed by atoms with Crippen molar-refractivity contribution in [3.63, 3.8) is 0 Å². The van der Waals surface area contributed by atoms with E-state index in [0.717, 1.165) is 68.3 Å². The largest absolute Gasteiger partial charge is 0.497 e. The minimum Gasteiger partial charge on any atom is -0.497 e. The van der Waals surface area contributed by atoms with Gasteiger partial charge in [0.25, 0.3) is 5.91 Å². The minimum atomic E-state index is -4.41. The maximum atomic E-state index is 12.8. The summed E-state index contributed by atoms with van der Waals surface area (Å²) >= 11 is 0. The second-order valence-corrected chi connectivity index (χ2v) is 11.2. The molecule has 5 nitrogen and oxygen atoms in total. The molecule has 1 amide bonds. The monoisotopic (exact) mass is 540 g/mol. The molecule has 5 rings (SSSR count). The number of likely N-dealkylation sites (tertiary alicyclic amines) is 1. The lowest BCUT2D eigenvalue weighted by atomic mass is 9.55. The molecule has 0 unspecified atom stereocenters. The predicted molar refractivity (Wildman–Crippen MR) is 142 cm³/mol. The van der Waals surface area contributed by atoms with Crippen LogP contribution in [0.25, 0.3) is 0 Å². The second kappa shape index (κ2) is 10.9. The smallest absolute Gasteiger partial charge is 0.416 e. The van der Waals surface area contributed by atoms with Gasteiger partial charge in [-0.3, -0.25) is 4.79 Å². The van der Waals surface area contributed by atoms with E-state index < -0.39 is 17.6 Å². The van der Waals surface area contributed by atoms with Gasteiger partial charge >= 0.3 is 6.18 Å². The average molecular weight is 541 g/mol. The Labute approximate surface area is 228 Å². The third kappa shape index (κ3) is 5.80. The Kier molecular flexibility index (Phi) is 7.67. The molecule has 1 saturated heterocycles. The number of benzene rings is 2. The van der Waals surface area contributed by atoms with E-state index in [1.54, 1.807) is 7.11 Å². The fourth-order valence-electron chi connectivity index (χ4n) is 6.55. The first-order valence-corrected chi connectivity index (χ1v) is 13.6. The van der Waals surface area contributed by atoms with E-state index in [4.69, 9.17) is 9.47 Å². The van der Waals surface area contributed by atoms with E-state index >= 15 is 0 Å². The van der Waals surface area contributed by atoms with Gasteiger partial charge in [-0.1, -0.05) is 18.1 Å². The van der Waals surface area contributed by atoms with Gasteiger partial charge in [-0.05, 0) is 92.9 Å². The summed E-state index contributed by atoms with van der Waals surface area (Å²) in [4.78, 5) is 15.4. The van der Waals surface area contributed by atoms with Crippen LogP contribution in [-0.4, -0.2) is 56.3 Å². The van der Waals surface area contributed by atoms with Gasteiger partial charge in [0.1, 0.15) is 5.75 Å². The van der Waals surface area contributed by atoms with Gasteiger partial charge in [0, 0.05) is 43.1 Å². The van der Waals surface area contributed by atoms with Crippen LogP contribution < -0.4 is 10.1 Å². The van der Waals surface area contributed by atoms with E-state index in [1.807, 2.05) is 19.2 Å². The summed E-state index contributed by atoms with van der Waals surface area (Å²) in [6.07, 6.45) is 1.36. The van der Waals surface area contributed by atoms with Crippen molar-refractivity contribution in [3.05, 3.63) is 65.2 Å². The number of amides is 1. The molecule has 0 spiro atoms. The molecule has 3 fully saturated rings. The van der Waals surface area contributed by atoms with Crippen molar-refractivity contribution in [2.24, 2.45) is 5.92 Å². The van der Waals surface area contributed by atoms with Gasteiger partial charge in [-0.2, -0.15) is 13.2 Å². The molecule has 1 heterocycles. The zero-order valence-electron chi connectivity index (χ0n) is 22.4. The third-order valence-electron chi connectivity index (χ3n) is 8.79. The topological polar surface area (TPSA) is 50.8 Å². The van der Waals surface area contributed by atoms with Crippen LogP contribution in [0.4, 0.5) is 13.2 Å². The Bertz CT molecular complexity index is 1250. The van der Waals surface area contributed by atoms with Gasteiger partial charge in [-0.25, -0.2) is 0 Å². The normalized spacial score (nSPS) is 27.2. The molecule has 3 aliphatic rings. The highest BCUT2D eigenvalue weighted by Gasteiger charge is 2.59. The number of nitrogens with one attached hydrogen (secondary N) is 1. The van der Waals surface area contributed by atoms with Gasteiger partial charge < -0.3 is 19.7 Å². The van der Waals surface area contributed by atoms with Crippen LogP contribution in [0.1, 0.15) is 55.2 Å². The Hall–Kier alpha value is -3.02. The quantitative estimate of drug-likeness (QED) is 0.514. The number of piperidine rings is 1. The number of fused-ring (bicyclic) bond motifs is 1. The maximum Gasteiger partial charge on any atom is 0.416 e. The third-order valence-corrected chi connectivity index (χ3v) is 8.79. The average Bonchev–Trinajstić information content (AvgIpc) is 3.75. The van der Waals surface area contributed by atoms with Crippen LogP contribution >= 0.6 is 0 Å². The Morgan fingerprint density at radius 1 is 1.10 bits per heavy atom. The van der Waals surface area contributed by atoms with Crippen LogP contribution in [0.5, 0.6) is 5.75 Å². The predicted octanol–water partition coefficient (Wildman–Crippen LogP) is 5.17. The second-order valence-electron chi connectivity index (χ2n) is 11.2. The summed E-state index contributed by atoms with van der Waals surface area (Å²) in [6, 6.07) is 12.6. The first-order chi connectivity index (χ1) is 18.7. The molecule has 3 atom stereocenters. The molecule has 0 bridgehead atoms. The number of carbonyl (C=O) groups is 1. The number of nitrogens with zero attached hydrogens (tertiary/aromatic N) is 1. The molecule has 0 radical (unpaired) electrons. The maximum absolute atomic E-state index is 12.8. The van der Waals surface area contributed by atoms with Crippen LogP contribution in [0.15, 0.2) is 48.5 Å². The Morgan fingerprint density at radius 3 is 2.54 bits per heavy atom. The van der Waals surface area contributed by atoms with Crippen molar-refractivity contribution < 1.29 is 27.4 Å². The lowest BCUT2D eigenvalue weighted by Crippen LogP contribution is -2.68. The number of alkyl halides is 3. The fourth-order valence-corrected chi connectivity index (χ4v) is 6.55. The molecule has 8 heteroatoms. The molecule has 1 aliphatic heterocycles. The van der Waals surface area contributed by atoms with Gasteiger partial charge in [0.05, 0.1) is 18.3 Å². The Morgan fingerprint density at radius 2 is 1.87 bits per heavy atom. The van der Waals surface area contributed by atoms with Gasteiger partial charge in [-0.15, -0.1) is 0 Å². The Balaban J connectivity index is 1.36. The number of hydrogen-bond acceptors (Lipinski definition) is 4. The number of methoxy groups -OCH3 is 2. The number of carbonyl (C=O) groups excluding carboxylic acids is 1. The van der Waals surface area contributed by atoms with E-state index in [9.17, 15) is 18.0 Å². The summed E-state index contributed by atoms with van der Waals surface area (Å²) in [7, 11) is 3.47. The SMILES string of the molecule is COc1cccc([C@@]23CCN(CC4CC4)C[C@@]2(OC)CC[C@@H](NC(=O)C#Cc2ccc(C(F)(F)F)cc2)C3)c1. The first-order valence-electron chi connectivity index (χ1n) is 13.6. The van der Waals surface area contributed by atoms with E-state index in [-0.39, 0.29) is 17.1 Å². The highest BCUT2D eigenvalue weighted by molar-refractivity contribution is 5.94. The summed E-state index contributed by atoms with van der Waals surface area (Å²) in [5.41, 5.74) is 0.0699. The lowest BCUT2D eigenvalue weighted by Gasteiger charge is -2.60. The lowest BCUT2D eigenvalue weighted by molar-refractivity contribution is -0.150. The highest BCUT2D eigenvalue weighted by atomic mass is 19.4. The fraction of sp³-hybridized carbons (Fsp3) is 0.516. The molecule has 2 aliphatic carbocycles. The van der Waals surface area contributed by atoms with Crippen LogP contribution in [0.3, 0.4) is 0 Å². The zero-order chi connectivity index (χ0) is 27.7. The van der Waals surface area contributed by atoms with Crippen molar-refractivity contribution in [2.45, 2.75) is 61.8 Å². The molecule has 1 N–H and O–H groups in total. The van der Waals surface area contributed by atoms with E-state index in [1.165, 1.54) is 25.0 Å². The number of ether oxygens (including phenoxy) is 2. The van der Waals surface area contributed by atoms with Crippen LogP contribution in [0.2, 0.25) is 0 Å². The minimum absolute atomic E-state index is 0.108.